The van der Waals surface area contributed by atoms with Gasteiger partial charge in [-0.2, -0.15) is 5.26 Å². The molecule has 0 aliphatic heterocycles. The molecule has 1 aromatic rings. The van der Waals surface area contributed by atoms with Crippen molar-refractivity contribution in [2.45, 2.75) is 17.7 Å². The van der Waals surface area contributed by atoms with Crippen LogP contribution in [-0.4, -0.2) is 35.2 Å². The van der Waals surface area contributed by atoms with Crippen molar-refractivity contribution in [1.29, 1.82) is 5.26 Å². The molecule has 2 N–H and O–H groups in total. The second-order valence-corrected chi connectivity index (χ2v) is 4.82. The molecule has 0 heterocycles. The van der Waals surface area contributed by atoms with E-state index in [0.717, 1.165) is 22.3 Å². The van der Waals surface area contributed by atoms with Gasteiger partial charge in [0.1, 0.15) is 5.40 Å². The fourth-order valence-corrected chi connectivity index (χ4v) is 1.99. The lowest BCUT2D eigenvalue weighted by Crippen LogP contribution is -2.28. The van der Waals surface area contributed by atoms with Crippen LogP contribution in [0.5, 0.6) is 0 Å². The van der Waals surface area contributed by atoms with Gasteiger partial charge in [0.05, 0.1) is 12.8 Å². The number of thioether (sulfide) groups is 1. The van der Waals surface area contributed by atoms with Gasteiger partial charge in [-0.1, -0.05) is 0 Å². The number of hydrogen-bond acceptors (Lipinski definition) is 5. The highest BCUT2D eigenvalue weighted by Gasteiger charge is 2.10. The highest BCUT2D eigenvalue weighted by molar-refractivity contribution is 8.03. The fraction of sp³-hybridized carbons (Fsp3) is 0.308. The molecule has 0 saturated heterocycles. The zero-order chi connectivity index (χ0) is 15.0. The third kappa shape index (κ3) is 5.63. The Balaban J connectivity index is 2.76. The van der Waals surface area contributed by atoms with Crippen LogP contribution in [0.4, 0.5) is 5.69 Å². The molecule has 106 valence electrons. The number of thiocyanates is 1. The Morgan fingerprint density at radius 3 is 2.00 bits per heavy atom. The van der Waals surface area contributed by atoms with Gasteiger partial charge in [0.15, 0.2) is 0 Å². The summed E-state index contributed by atoms with van der Waals surface area (Å²) in [6.45, 7) is 0.487. The van der Waals surface area contributed by atoms with E-state index in [1.807, 2.05) is 5.40 Å². The Morgan fingerprint density at radius 1 is 1.10 bits per heavy atom. The topological polar surface area (TPSA) is 102 Å². The van der Waals surface area contributed by atoms with Crippen LogP contribution in [0, 0.1) is 10.7 Å². The lowest BCUT2D eigenvalue weighted by Gasteiger charge is -2.23. The van der Waals surface area contributed by atoms with Crippen LogP contribution in [-0.2, 0) is 9.59 Å². The predicted octanol–water partition coefficient (Wildman–Crippen LogP) is 2.02. The van der Waals surface area contributed by atoms with E-state index in [4.69, 9.17) is 15.5 Å². The zero-order valence-corrected chi connectivity index (χ0v) is 11.5. The molecule has 6 nitrogen and oxygen atoms in total. The monoisotopic (exact) mass is 294 g/mol. The van der Waals surface area contributed by atoms with Gasteiger partial charge in [-0.3, -0.25) is 9.59 Å². The predicted molar refractivity (Wildman–Crippen MR) is 74.6 cm³/mol. The number of carbonyl (C=O) groups is 2. The van der Waals surface area contributed by atoms with Gasteiger partial charge in [-0.25, -0.2) is 0 Å². The van der Waals surface area contributed by atoms with Gasteiger partial charge in [-0.15, -0.1) is 0 Å². The van der Waals surface area contributed by atoms with Crippen molar-refractivity contribution in [2.75, 3.05) is 18.0 Å². The molecule has 0 aliphatic rings. The maximum atomic E-state index is 10.6. The third-order valence-electron chi connectivity index (χ3n) is 2.56. The number of carboxylic acid groups (broad SMARTS) is 2. The van der Waals surface area contributed by atoms with Gasteiger partial charge in [0, 0.05) is 23.7 Å². The normalized spacial score (nSPS) is 9.75. The largest absolute Gasteiger partial charge is 0.481 e. The molecule has 0 amide bonds. The Morgan fingerprint density at radius 2 is 1.60 bits per heavy atom. The highest BCUT2D eigenvalue weighted by Crippen LogP contribution is 2.22. The summed E-state index contributed by atoms with van der Waals surface area (Å²) in [6, 6.07) is 7.00. The lowest BCUT2D eigenvalue weighted by molar-refractivity contribution is -0.137. The molecule has 0 fully saturated rings. The van der Waals surface area contributed by atoms with Crippen molar-refractivity contribution < 1.29 is 19.8 Å². The number of hydrogen-bond donors (Lipinski definition) is 2. The molecule has 7 heteroatoms. The molecule has 1 aromatic carbocycles. The van der Waals surface area contributed by atoms with Gasteiger partial charge in [0.25, 0.3) is 0 Å². The molecule has 1 rings (SSSR count). The molecule has 0 aromatic heterocycles. The smallest absolute Gasteiger partial charge is 0.305 e. The first-order chi connectivity index (χ1) is 9.52. The van der Waals surface area contributed by atoms with Crippen LogP contribution in [0.1, 0.15) is 12.8 Å². The molecule has 0 unspecified atom stereocenters. The van der Waals surface area contributed by atoms with E-state index in [2.05, 4.69) is 0 Å². The van der Waals surface area contributed by atoms with E-state index in [1.54, 1.807) is 29.2 Å². The standard InChI is InChI=1S/C13H14N2O4S/c14-9-20-11-3-1-10(2-4-11)15(7-5-12(16)17)8-6-13(18)19/h1-4H,5-8H2,(H,16,17)(H,18,19). The van der Waals surface area contributed by atoms with E-state index in [0.29, 0.717) is 0 Å². The summed E-state index contributed by atoms with van der Waals surface area (Å²) in [6.07, 6.45) is -0.122. The van der Waals surface area contributed by atoms with Crippen LogP contribution in [0.25, 0.3) is 0 Å². The number of aliphatic carboxylic acids is 2. The SMILES string of the molecule is N#CSc1ccc(N(CCC(=O)O)CCC(=O)O)cc1. The van der Waals surface area contributed by atoms with Gasteiger partial charge in [-0.05, 0) is 36.0 Å². The fourth-order valence-electron chi connectivity index (χ4n) is 1.61. The molecule has 0 saturated carbocycles. The van der Waals surface area contributed by atoms with E-state index < -0.39 is 11.9 Å². The van der Waals surface area contributed by atoms with E-state index in [-0.39, 0.29) is 25.9 Å². The summed E-state index contributed by atoms with van der Waals surface area (Å²) < 4.78 is 0. The van der Waals surface area contributed by atoms with Crippen molar-refractivity contribution in [1.82, 2.24) is 0 Å². The lowest BCUT2D eigenvalue weighted by atomic mass is 10.2. The van der Waals surface area contributed by atoms with Crippen LogP contribution < -0.4 is 4.90 Å². The number of benzene rings is 1. The van der Waals surface area contributed by atoms with Crippen LogP contribution in [0.3, 0.4) is 0 Å². The van der Waals surface area contributed by atoms with Crippen LogP contribution in [0.2, 0.25) is 0 Å². The Labute approximate surface area is 120 Å². The Bertz CT molecular complexity index is 492. The van der Waals surface area contributed by atoms with Gasteiger partial charge in [0.2, 0.25) is 0 Å². The summed E-state index contributed by atoms with van der Waals surface area (Å²) >= 11 is 1.03. The summed E-state index contributed by atoms with van der Waals surface area (Å²) in [7, 11) is 0. The van der Waals surface area contributed by atoms with Crippen LogP contribution >= 0.6 is 11.8 Å². The molecule has 0 atom stereocenters. The van der Waals surface area contributed by atoms with Gasteiger partial charge >= 0.3 is 11.9 Å². The van der Waals surface area contributed by atoms with Crippen molar-refractivity contribution >= 4 is 29.4 Å². The highest BCUT2D eigenvalue weighted by atomic mass is 32.2. The summed E-state index contributed by atoms with van der Waals surface area (Å²) in [5, 5.41) is 28.0. The molecule has 0 spiro atoms. The average molecular weight is 294 g/mol. The number of rotatable bonds is 8. The first-order valence-corrected chi connectivity index (χ1v) is 6.69. The second kappa shape index (κ2) is 8.07. The van der Waals surface area contributed by atoms with Crippen molar-refractivity contribution in [2.24, 2.45) is 0 Å². The maximum Gasteiger partial charge on any atom is 0.305 e. The minimum Gasteiger partial charge on any atom is -0.481 e. The second-order valence-electron chi connectivity index (χ2n) is 3.96. The minimum absolute atomic E-state index is 0.0612. The summed E-state index contributed by atoms with van der Waals surface area (Å²) in [5.74, 6) is -1.86. The first kappa shape index (κ1) is 15.9. The number of nitrogens with zero attached hydrogens (tertiary/aromatic N) is 2. The third-order valence-corrected chi connectivity index (χ3v) is 3.16. The van der Waals surface area contributed by atoms with E-state index in [1.165, 1.54) is 0 Å². The number of anilines is 1. The van der Waals surface area contributed by atoms with Crippen LogP contribution in [0.15, 0.2) is 29.2 Å². The van der Waals surface area contributed by atoms with Crippen molar-refractivity contribution in [3.05, 3.63) is 24.3 Å². The molecule has 0 radical (unpaired) electrons. The number of carboxylic acids is 2. The van der Waals surface area contributed by atoms with E-state index >= 15 is 0 Å². The molecular formula is C13H14N2O4S. The summed E-state index contributed by atoms with van der Waals surface area (Å²) in [4.78, 5) is 23.8. The summed E-state index contributed by atoms with van der Waals surface area (Å²) in [5.41, 5.74) is 0.745. The molecule has 0 bridgehead atoms. The quantitative estimate of drug-likeness (QED) is 0.558. The van der Waals surface area contributed by atoms with E-state index in [9.17, 15) is 9.59 Å². The first-order valence-electron chi connectivity index (χ1n) is 5.87. The number of nitriles is 1. The maximum absolute atomic E-state index is 10.6. The van der Waals surface area contributed by atoms with Crippen molar-refractivity contribution in [3.8, 4) is 5.40 Å². The molecule has 0 aliphatic carbocycles. The van der Waals surface area contributed by atoms with Crippen molar-refractivity contribution in [3.63, 3.8) is 0 Å². The Hall–Kier alpha value is -2.20. The van der Waals surface area contributed by atoms with Gasteiger partial charge < -0.3 is 15.1 Å². The Kier molecular flexibility index (Phi) is 6.40. The molecule has 20 heavy (non-hydrogen) atoms. The average Bonchev–Trinajstić information content (AvgIpc) is 2.40. The zero-order valence-electron chi connectivity index (χ0n) is 10.7. The molecular weight excluding hydrogens is 280 g/mol. The minimum atomic E-state index is -0.929.